The van der Waals surface area contributed by atoms with E-state index >= 15 is 0 Å². The number of rotatable bonds is 8. The van der Waals surface area contributed by atoms with Crippen molar-refractivity contribution in [2.24, 2.45) is 0 Å². The first kappa shape index (κ1) is 14.3. The number of aromatic nitrogens is 1. The van der Waals surface area contributed by atoms with Gasteiger partial charge in [-0.25, -0.2) is 0 Å². The van der Waals surface area contributed by atoms with Gasteiger partial charge in [0.15, 0.2) is 0 Å². The molecule has 0 amide bonds. The zero-order valence-electron chi connectivity index (χ0n) is 12.3. The molecule has 1 N–H and O–H groups in total. The normalized spacial score (nSPS) is 14.9. The van der Waals surface area contributed by atoms with E-state index < -0.39 is 0 Å². The highest BCUT2D eigenvalue weighted by Gasteiger charge is 2.21. The van der Waals surface area contributed by atoms with Crippen LogP contribution in [0.5, 0.6) is 5.75 Å². The molecule has 2 rings (SSSR count). The lowest BCUT2D eigenvalue weighted by Crippen LogP contribution is -2.18. The number of hydrogen-bond donors (Lipinski definition) is 1. The molecule has 0 aromatic carbocycles. The topological polar surface area (TPSA) is 37.4 Å². The molecule has 0 unspecified atom stereocenters. The molecule has 4 nitrogen and oxygen atoms in total. The highest BCUT2D eigenvalue weighted by atomic mass is 16.5. The summed E-state index contributed by atoms with van der Waals surface area (Å²) in [7, 11) is 4.16. The van der Waals surface area contributed by atoms with Gasteiger partial charge in [0.1, 0.15) is 5.75 Å². The van der Waals surface area contributed by atoms with Gasteiger partial charge >= 0.3 is 0 Å². The summed E-state index contributed by atoms with van der Waals surface area (Å²) in [5, 5.41) is 3.50. The summed E-state index contributed by atoms with van der Waals surface area (Å²) in [6.07, 6.45) is 3.63. The molecule has 0 aliphatic heterocycles. The van der Waals surface area contributed by atoms with Crippen LogP contribution in [0.3, 0.4) is 0 Å². The summed E-state index contributed by atoms with van der Waals surface area (Å²) in [5.74, 6) is 0.928. The quantitative estimate of drug-likeness (QED) is 0.728. The van der Waals surface area contributed by atoms with Crippen LogP contribution in [0.4, 0.5) is 0 Å². The Balaban J connectivity index is 1.85. The van der Waals surface area contributed by atoms with Crippen molar-refractivity contribution in [3.05, 3.63) is 23.5 Å². The monoisotopic (exact) mass is 263 g/mol. The number of nitrogens with one attached hydrogen (secondary N) is 1. The van der Waals surface area contributed by atoms with Crippen LogP contribution in [0, 0.1) is 6.92 Å². The third kappa shape index (κ3) is 5.17. The van der Waals surface area contributed by atoms with Crippen molar-refractivity contribution >= 4 is 0 Å². The molecular weight excluding hydrogens is 238 g/mol. The van der Waals surface area contributed by atoms with Crippen LogP contribution in [-0.2, 0) is 6.54 Å². The highest BCUT2D eigenvalue weighted by Crippen LogP contribution is 2.22. The Morgan fingerprint density at radius 2 is 2.16 bits per heavy atom. The summed E-state index contributed by atoms with van der Waals surface area (Å²) in [4.78, 5) is 6.76. The standard InChI is InChI=1S/C15H25N3O/c1-12-5-8-15(19-10-4-9-18(2)3)14(17-12)11-16-13-6-7-13/h5,8,13,16H,4,6-7,9-11H2,1-3H3. The van der Waals surface area contributed by atoms with E-state index in [1.807, 2.05) is 19.1 Å². The highest BCUT2D eigenvalue weighted by molar-refractivity contribution is 5.29. The van der Waals surface area contributed by atoms with Gasteiger partial charge in [-0.15, -0.1) is 0 Å². The van der Waals surface area contributed by atoms with Crippen LogP contribution in [0.2, 0.25) is 0 Å². The van der Waals surface area contributed by atoms with Crippen molar-refractivity contribution in [2.45, 2.75) is 38.8 Å². The lowest BCUT2D eigenvalue weighted by Gasteiger charge is -2.13. The molecule has 1 aliphatic rings. The van der Waals surface area contributed by atoms with Crippen molar-refractivity contribution in [1.82, 2.24) is 15.2 Å². The number of aryl methyl sites for hydroxylation is 1. The Hall–Kier alpha value is -1.13. The third-order valence-corrected chi connectivity index (χ3v) is 3.21. The van der Waals surface area contributed by atoms with Gasteiger partial charge in [0.05, 0.1) is 12.3 Å². The van der Waals surface area contributed by atoms with Crippen LogP contribution in [0.25, 0.3) is 0 Å². The summed E-state index contributed by atoms with van der Waals surface area (Å²) in [5.41, 5.74) is 2.09. The Kier molecular flexibility index (Phi) is 5.16. The Morgan fingerprint density at radius 3 is 2.84 bits per heavy atom. The molecule has 1 aliphatic carbocycles. The lowest BCUT2D eigenvalue weighted by molar-refractivity contribution is 0.277. The molecular formula is C15H25N3O. The molecule has 1 heterocycles. The van der Waals surface area contributed by atoms with Crippen molar-refractivity contribution in [1.29, 1.82) is 0 Å². The van der Waals surface area contributed by atoms with Crippen LogP contribution >= 0.6 is 0 Å². The fourth-order valence-electron chi connectivity index (χ4n) is 1.95. The van der Waals surface area contributed by atoms with Gasteiger partial charge in [-0.2, -0.15) is 0 Å². The van der Waals surface area contributed by atoms with Gasteiger partial charge in [-0.3, -0.25) is 4.98 Å². The maximum Gasteiger partial charge on any atom is 0.142 e. The van der Waals surface area contributed by atoms with E-state index in [9.17, 15) is 0 Å². The van der Waals surface area contributed by atoms with Gasteiger partial charge < -0.3 is 15.0 Å². The average Bonchev–Trinajstić information content (AvgIpc) is 3.17. The third-order valence-electron chi connectivity index (χ3n) is 3.21. The van der Waals surface area contributed by atoms with Gasteiger partial charge in [-0.05, 0) is 52.4 Å². The predicted octanol–water partition coefficient (Wildman–Crippen LogP) is 1.97. The second kappa shape index (κ2) is 6.87. The average molecular weight is 263 g/mol. The van der Waals surface area contributed by atoms with Gasteiger partial charge in [-0.1, -0.05) is 0 Å². The van der Waals surface area contributed by atoms with E-state index in [1.54, 1.807) is 0 Å². The first-order valence-electron chi connectivity index (χ1n) is 7.12. The van der Waals surface area contributed by atoms with Crippen molar-refractivity contribution in [2.75, 3.05) is 27.2 Å². The largest absolute Gasteiger partial charge is 0.492 e. The first-order chi connectivity index (χ1) is 9.15. The Bertz CT molecular complexity index is 402. The lowest BCUT2D eigenvalue weighted by atomic mass is 10.2. The smallest absolute Gasteiger partial charge is 0.142 e. The summed E-state index contributed by atoms with van der Waals surface area (Å²) in [6, 6.07) is 4.76. The molecule has 1 aromatic heterocycles. The number of pyridine rings is 1. The molecule has 4 heteroatoms. The van der Waals surface area contributed by atoms with Crippen molar-refractivity contribution in [3.8, 4) is 5.75 Å². The zero-order chi connectivity index (χ0) is 13.7. The van der Waals surface area contributed by atoms with Crippen molar-refractivity contribution in [3.63, 3.8) is 0 Å². The van der Waals surface area contributed by atoms with Gasteiger partial charge in [0, 0.05) is 24.8 Å². The van der Waals surface area contributed by atoms with E-state index in [2.05, 4.69) is 29.3 Å². The molecule has 1 saturated carbocycles. The zero-order valence-corrected chi connectivity index (χ0v) is 12.3. The first-order valence-corrected chi connectivity index (χ1v) is 7.12. The molecule has 19 heavy (non-hydrogen) atoms. The molecule has 0 saturated heterocycles. The Morgan fingerprint density at radius 1 is 1.37 bits per heavy atom. The molecule has 106 valence electrons. The van der Waals surface area contributed by atoms with Crippen molar-refractivity contribution < 1.29 is 4.74 Å². The number of nitrogens with zero attached hydrogens (tertiary/aromatic N) is 2. The second-order valence-corrected chi connectivity index (χ2v) is 5.56. The maximum atomic E-state index is 5.87. The molecule has 1 fully saturated rings. The van der Waals surface area contributed by atoms with Crippen LogP contribution in [-0.4, -0.2) is 43.2 Å². The molecule has 0 bridgehead atoms. The molecule has 0 atom stereocenters. The SMILES string of the molecule is Cc1ccc(OCCCN(C)C)c(CNC2CC2)n1. The maximum absolute atomic E-state index is 5.87. The fraction of sp³-hybridized carbons (Fsp3) is 0.667. The molecule has 0 radical (unpaired) electrons. The minimum absolute atomic E-state index is 0.698. The number of ether oxygens (including phenoxy) is 1. The Labute approximate surface area is 116 Å². The van der Waals surface area contributed by atoms with Crippen LogP contribution in [0.15, 0.2) is 12.1 Å². The van der Waals surface area contributed by atoms with Gasteiger partial charge in [0.25, 0.3) is 0 Å². The molecule has 1 aromatic rings. The van der Waals surface area contributed by atoms with Gasteiger partial charge in [0.2, 0.25) is 0 Å². The summed E-state index contributed by atoms with van der Waals surface area (Å²) >= 11 is 0. The van der Waals surface area contributed by atoms with E-state index in [-0.39, 0.29) is 0 Å². The molecule has 0 spiro atoms. The van der Waals surface area contributed by atoms with Crippen LogP contribution in [0.1, 0.15) is 30.7 Å². The minimum atomic E-state index is 0.698. The number of hydrogen-bond acceptors (Lipinski definition) is 4. The van der Waals surface area contributed by atoms with E-state index in [0.717, 1.165) is 43.3 Å². The predicted molar refractivity (Wildman–Crippen MR) is 77.5 cm³/mol. The van der Waals surface area contributed by atoms with E-state index in [0.29, 0.717) is 6.04 Å². The second-order valence-electron chi connectivity index (χ2n) is 5.56. The van der Waals surface area contributed by atoms with E-state index in [1.165, 1.54) is 12.8 Å². The minimum Gasteiger partial charge on any atom is -0.492 e. The van der Waals surface area contributed by atoms with E-state index in [4.69, 9.17) is 4.74 Å². The van der Waals surface area contributed by atoms with Crippen LogP contribution < -0.4 is 10.1 Å². The fourth-order valence-corrected chi connectivity index (χ4v) is 1.95. The summed E-state index contributed by atoms with van der Waals surface area (Å²) < 4.78 is 5.87. The summed E-state index contributed by atoms with van der Waals surface area (Å²) in [6.45, 7) is 4.64.